The van der Waals surface area contributed by atoms with E-state index in [1.807, 2.05) is 0 Å². The fourth-order valence-corrected chi connectivity index (χ4v) is 1.76. The zero-order valence-electron chi connectivity index (χ0n) is 10.3. The highest BCUT2D eigenvalue weighted by Crippen LogP contribution is 2.33. The maximum Gasteiger partial charge on any atom is 0.374 e. The van der Waals surface area contributed by atoms with Crippen molar-refractivity contribution in [1.29, 1.82) is 0 Å². The molecule has 0 radical (unpaired) electrons. The number of carbonyl (C=O) groups is 2. The summed E-state index contributed by atoms with van der Waals surface area (Å²) in [4.78, 5) is 22.9. The van der Waals surface area contributed by atoms with Crippen LogP contribution in [0.25, 0.3) is 0 Å². The van der Waals surface area contributed by atoms with Crippen LogP contribution in [0.15, 0.2) is 18.2 Å². The number of ether oxygens (including phenoxy) is 3. The number of ketones is 1. The Labute approximate surface area is 105 Å². The van der Waals surface area contributed by atoms with Gasteiger partial charge in [-0.1, -0.05) is 13.0 Å². The smallest absolute Gasteiger partial charge is 0.374 e. The van der Waals surface area contributed by atoms with Gasteiger partial charge in [-0.25, -0.2) is 4.79 Å². The van der Waals surface area contributed by atoms with Gasteiger partial charge in [-0.15, -0.1) is 0 Å². The van der Waals surface area contributed by atoms with Crippen LogP contribution in [-0.4, -0.2) is 32.1 Å². The molecular formula is C13H14O5. The monoisotopic (exact) mass is 250 g/mol. The standard InChI is InChI=1S/C13H14O5/c1-8(12(14)13(15)16-2)9-3-4-10-11(7-9)18-6-5-17-10/h3-4,7-8H,5-6H2,1-2H3. The van der Waals surface area contributed by atoms with Gasteiger partial charge < -0.3 is 14.2 Å². The van der Waals surface area contributed by atoms with Gasteiger partial charge in [0.25, 0.3) is 0 Å². The van der Waals surface area contributed by atoms with Crippen molar-refractivity contribution in [3.63, 3.8) is 0 Å². The van der Waals surface area contributed by atoms with E-state index in [0.29, 0.717) is 30.3 Å². The summed E-state index contributed by atoms with van der Waals surface area (Å²) in [5.41, 5.74) is 0.703. The van der Waals surface area contributed by atoms with Gasteiger partial charge in [0, 0.05) is 0 Å². The highest BCUT2D eigenvalue weighted by molar-refractivity contribution is 6.35. The molecule has 0 saturated carbocycles. The van der Waals surface area contributed by atoms with Crippen molar-refractivity contribution in [2.45, 2.75) is 12.8 Å². The van der Waals surface area contributed by atoms with Crippen LogP contribution in [0, 0.1) is 0 Å². The lowest BCUT2D eigenvalue weighted by molar-refractivity contribution is -0.152. The van der Waals surface area contributed by atoms with E-state index in [4.69, 9.17) is 9.47 Å². The van der Waals surface area contributed by atoms with Gasteiger partial charge in [0.2, 0.25) is 5.78 Å². The molecule has 1 heterocycles. The van der Waals surface area contributed by atoms with Crippen LogP contribution in [0.1, 0.15) is 18.4 Å². The lowest BCUT2D eigenvalue weighted by atomic mass is 9.96. The van der Waals surface area contributed by atoms with Crippen molar-refractivity contribution in [1.82, 2.24) is 0 Å². The first-order valence-electron chi connectivity index (χ1n) is 5.65. The molecule has 0 aromatic heterocycles. The summed E-state index contributed by atoms with van der Waals surface area (Å²) in [6.07, 6.45) is 0. The number of carbonyl (C=O) groups excluding carboxylic acids is 2. The van der Waals surface area contributed by atoms with Crippen molar-refractivity contribution >= 4 is 11.8 Å². The third-order valence-corrected chi connectivity index (χ3v) is 2.85. The molecule has 18 heavy (non-hydrogen) atoms. The van der Waals surface area contributed by atoms with E-state index in [9.17, 15) is 9.59 Å². The predicted octanol–water partition coefficient (Wildman–Crippen LogP) is 1.30. The third-order valence-electron chi connectivity index (χ3n) is 2.85. The molecule has 1 aliphatic rings. The first-order valence-corrected chi connectivity index (χ1v) is 5.65. The number of rotatable bonds is 3. The van der Waals surface area contributed by atoms with Gasteiger partial charge >= 0.3 is 5.97 Å². The fourth-order valence-electron chi connectivity index (χ4n) is 1.76. The zero-order valence-corrected chi connectivity index (χ0v) is 10.3. The molecule has 0 amide bonds. The van der Waals surface area contributed by atoms with Crippen LogP contribution in [0.2, 0.25) is 0 Å². The van der Waals surface area contributed by atoms with E-state index >= 15 is 0 Å². The lowest BCUT2D eigenvalue weighted by Crippen LogP contribution is -2.22. The van der Waals surface area contributed by atoms with Gasteiger partial charge in [-0.05, 0) is 17.7 Å². The number of hydrogen-bond donors (Lipinski definition) is 0. The van der Waals surface area contributed by atoms with Gasteiger partial charge in [0.1, 0.15) is 13.2 Å². The molecule has 0 N–H and O–H groups in total. The van der Waals surface area contributed by atoms with Gasteiger partial charge in [-0.3, -0.25) is 4.79 Å². The predicted molar refractivity (Wildman–Crippen MR) is 62.9 cm³/mol. The summed E-state index contributed by atoms with van der Waals surface area (Å²) in [6.45, 7) is 2.66. The van der Waals surface area contributed by atoms with Crippen molar-refractivity contribution in [2.75, 3.05) is 20.3 Å². The molecule has 5 heteroatoms. The molecule has 0 bridgehead atoms. The maximum atomic E-state index is 11.7. The summed E-state index contributed by atoms with van der Waals surface area (Å²) in [6, 6.07) is 5.21. The summed E-state index contributed by atoms with van der Waals surface area (Å²) in [7, 11) is 1.19. The SMILES string of the molecule is COC(=O)C(=O)C(C)c1ccc2c(c1)OCCO2. The molecule has 0 saturated heterocycles. The first kappa shape index (κ1) is 12.4. The number of fused-ring (bicyclic) bond motifs is 1. The van der Waals surface area contributed by atoms with Crippen molar-refractivity contribution in [3.8, 4) is 11.5 Å². The molecule has 0 aliphatic carbocycles. The molecule has 1 unspecified atom stereocenters. The van der Waals surface area contributed by atoms with Crippen LogP contribution in [0.3, 0.4) is 0 Å². The zero-order chi connectivity index (χ0) is 13.1. The average molecular weight is 250 g/mol. The van der Waals surface area contributed by atoms with Crippen LogP contribution in [-0.2, 0) is 14.3 Å². The van der Waals surface area contributed by atoms with Crippen LogP contribution < -0.4 is 9.47 Å². The molecule has 96 valence electrons. The van der Waals surface area contributed by atoms with E-state index in [1.165, 1.54) is 7.11 Å². The number of Topliss-reactive ketones (excluding diaryl/α,β-unsaturated/α-hetero) is 1. The van der Waals surface area contributed by atoms with Crippen LogP contribution in [0.5, 0.6) is 11.5 Å². The van der Waals surface area contributed by atoms with E-state index in [2.05, 4.69) is 4.74 Å². The topological polar surface area (TPSA) is 61.8 Å². The molecule has 2 rings (SSSR count). The second-order valence-electron chi connectivity index (χ2n) is 3.98. The minimum absolute atomic E-state index is 0.482. The molecule has 0 spiro atoms. The van der Waals surface area contributed by atoms with E-state index < -0.39 is 17.7 Å². The third kappa shape index (κ3) is 2.30. The van der Waals surface area contributed by atoms with Crippen LogP contribution >= 0.6 is 0 Å². The highest BCUT2D eigenvalue weighted by atomic mass is 16.6. The first-order chi connectivity index (χ1) is 8.63. The fraction of sp³-hybridized carbons (Fsp3) is 0.385. The van der Waals surface area contributed by atoms with Crippen molar-refractivity contribution < 1.29 is 23.8 Å². The Morgan fingerprint density at radius 3 is 2.56 bits per heavy atom. The Kier molecular flexibility index (Phi) is 3.50. The quantitative estimate of drug-likeness (QED) is 0.597. The summed E-state index contributed by atoms with van der Waals surface area (Å²) in [5.74, 6) is -0.717. The number of hydrogen-bond acceptors (Lipinski definition) is 5. The largest absolute Gasteiger partial charge is 0.486 e. The molecule has 0 fully saturated rings. The second-order valence-corrected chi connectivity index (χ2v) is 3.98. The summed E-state index contributed by atoms with van der Waals surface area (Å²) < 4.78 is 15.2. The summed E-state index contributed by atoms with van der Waals surface area (Å²) in [5, 5.41) is 0. The van der Waals surface area contributed by atoms with E-state index in [-0.39, 0.29) is 0 Å². The van der Waals surface area contributed by atoms with Crippen molar-refractivity contribution in [2.24, 2.45) is 0 Å². The minimum Gasteiger partial charge on any atom is -0.486 e. The summed E-state index contributed by atoms with van der Waals surface area (Å²) >= 11 is 0. The maximum absolute atomic E-state index is 11.7. The number of benzene rings is 1. The Morgan fingerprint density at radius 1 is 1.22 bits per heavy atom. The van der Waals surface area contributed by atoms with Gasteiger partial charge in [-0.2, -0.15) is 0 Å². The van der Waals surface area contributed by atoms with E-state index in [0.717, 1.165) is 0 Å². The number of esters is 1. The van der Waals surface area contributed by atoms with E-state index in [1.54, 1.807) is 25.1 Å². The Hall–Kier alpha value is -2.04. The molecular weight excluding hydrogens is 236 g/mol. The molecule has 1 aromatic carbocycles. The normalized spacial score (nSPS) is 14.8. The molecule has 1 aromatic rings. The van der Waals surface area contributed by atoms with Crippen LogP contribution in [0.4, 0.5) is 0 Å². The average Bonchev–Trinajstić information content (AvgIpc) is 2.44. The molecule has 1 aliphatic heterocycles. The van der Waals surface area contributed by atoms with Crippen molar-refractivity contribution in [3.05, 3.63) is 23.8 Å². The second kappa shape index (κ2) is 5.08. The lowest BCUT2D eigenvalue weighted by Gasteiger charge is -2.20. The molecule has 1 atom stereocenters. The Morgan fingerprint density at radius 2 is 1.89 bits per heavy atom. The molecule has 5 nitrogen and oxygen atoms in total. The van der Waals surface area contributed by atoms with Gasteiger partial charge in [0.15, 0.2) is 11.5 Å². The Balaban J connectivity index is 2.23. The Bertz CT molecular complexity index is 480. The number of methoxy groups -OCH3 is 1. The minimum atomic E-state index is -0.836. The van der Waals surface area contributed by atoms with Gasteiger partial charge in [0.05, 0.1) is 13.0 Å². The highest BCUT2D eigenvalue weighted by Gasteiger charge is 2.24.